The molecule has 0 N–H and O–H groups in total. The van der Waals surface area contributed by atoms with E-state index >= 15 is 0 Å². The molecular formula is C16H18N4O2S. The van der Waals surface area contributed by atoms with Crippen LogP contribution in [0.5, 0.6) is 0 Å². The van der Waals surface area contributed by atoms with E-state index in [4.69, 9.17) is 4.52 Å². The predicted molar refractivity (Wildman–Crippen MR) is 89.5 cm³/mol. The number of thioether (sulfide) groups is 1. The first-order valence-electron chi connectivity index (χ1n) is 7.73. The van der Waals surface area contributed by atoms with Gasteiger partial charge < -0.3 is 13.7 Å². The predicted octanol–water partition coefficient (Wildman–Crippen LogP) is 2.51. The van der Waals surface area contributed by atoms with Gasteiger partial charge in [-0.3, -0.25) is 4.79 Å². The summed E-state index contributed by atoms with van der Waals surface area (Å²) in [5.41, 5.74) is 0.765. The maximum Gasteiger partial charge on any atom is 0.275 e. The molecule has 0 amide bonds. The van der Waals surface area contributed by atoms with E-state index in [1.54, 1.807) is 22.5 Å². The van der Waals surface area contributed by atoms with E-state index in [2.05, 4.69) is 14.7 Å². The van der Waals surface area contributed by atoms with Gasteiger partial charge in [0.1, 0.15) is 12.1 Å². The molecule has 23 heavy (non-hydrogen) atoms. The summed E-state index contributed by atoms with van der Waals surface area (Å²) in [6, 6.07) is 3.98. The van der Waals surface area contributed by atoms with Crippen LogP contribution in [0.3, 0.4) is 0 Å². The normalized spacial score (nSPS) is 14.7. The van der Waals surface area contributed by atoms with Crippen LogP contribution in [0.1, 0.15) is 24.6 Å². The van der Waals surface area contributed by atoms with Crippen LogP contribution < -0.4 is 5.56 Å². The van der Waals surface area contributed by atoms with Gasteiger partial charge in [0.2, 0.25) is 5.89 Å². The highest BCUT2D eigenvalue weighted by molar-refractivity contribution is 7.97. The molecule has 1 saturated carbocycles. The lowest BCUT2D eigenvalue weighted by atomic mass is 10.3. The van der Waals surface area contributed by atoms with Gasteiger partial charge in [-0.1, -0.05) is 5.16 Å². The number of fused-ring (bicyclic) bond motifs is 1. The summed E-state index contributed by atoms with van der Waals surface area (Å²) in [5, 5.41) is 4.91. The quantitative estimate of drug-likeness (QED) is 0.695. The second-order valence-electron chi connectivity index (χ2n) is 6.00. The average Bonchev–Trinajstić information content (AvgIpc) is 3.09. The smallest absolute Gasteiger partial charge is 0.275 e. The highest BCUT2D eigenvalue weighted by Gasteiger charge is 2.23. The number of hydrogen-bond donors (Lipinski definition) is 0. The lowest BCUT2D eigenvalue weighted by molar-refractivity contribution is 0.366. The third-order valence-corrected chi connectivity index (χ3v) is 4.68. The Morgan fingerprint density at radius 2 is 2.09 bits per heavy atom. The van der Waals surface area contributed by atoms with Gasteiger partial charge in [-0.25, -0.2) is 0 Å². The van der Waals surface area contributed by atoms with Crippen LogP contribution in [0.4, 0.5) is 0 Å². The lowest BCUT2D eigenvalue weighted by Gasteiger charge is -2.06. The fourth-order valence-electron chi connectivity index (χ4n) is 2.79. The van der Waals surface area contributed by atoms with Gasteiger partial charge in [0.05, 0.1) is 5.75 Å². The van der Waals surface area contributed by atoms with Gasteiger partial charge >= 0.3 is 0 Å². The van der Waals surface area contributed by atoms with Gasteiger partial charge in [-0.2, -0.15) is 16.7 Å². The summed E-state index contributed by atoms with van der Waals surface area (Å²) in [6.07, 6.45) is 8.33. The number of pyridine rings is 1. The van der Waals surface area contributed by atoms with Gasteiger partial charge in [-0.05, 0) is 37.1 Å². The minimum atomic E-state index is -0.00207. The molecule has 0 aromatic carbocycles. The topological polar surface area (TPSA) is 65.8 Å². The van der Waals surface area contributed by atoms with Crippen molar-refractivity contribution in [1.29, 1.82) is 0 Å². The van der Waals surface area contributed by atoms with Crippen LogP contribution in [0.15, 0.2) is 33.8 Å². The zero-order valence-electron chi connectivity index (χ0n) is 12.9. The Hall–Kier alpha value is -2.02. The zero-order chi connectivity index (χ0) is 15.8. The van der Waals surface area contributed by atoms with Gasteiger partial charge in [0, 0.05) is 24.3 Å². The van der Waals surface area contributed by atoms with Gasteiger partial charge in [0.15, 0.2) is 5.82 Å². The minimum absolute atomic E-state index is 0.00207. The first kappa shape index (κ1) is 14.6. The third-order valence-electron chi connectivity index (χ3n) is 4.13. The Kier molecular flexibility index (Phi) is 3.72. The SMILES string of the molecule is CSCc1noc(Cn2ccc3ccn(CC4CC4)c3c2=O)n1. The second kappa shape index (κ2) is 5.88. The van der Waals surface area contributed by atoms with E-state index < -0.39 is 0 Å². The molecule has 0 aliphatic heterocycles. The Labute approximate surface area is 137 Å². The summed E-state index contributed by atoms with van der Waals surface area (Å²) in [7, 11) is 0. The molecule has 0 radical (unpaired) electrons. The van der Waals surface area contributed by atoms with E-state index in [-0.39, 0.29) is 5.56 Å². The lowest BCUT2D eigenvalue weighted by Crippen LogP contribution is -2.22. The Morgan fingerprint density at radius 3 is 2.83 bits per heavy atom. The van der Waals surface area contributed by atoms with Crippen LogP contribution in [0.25, 0.3) is 10.9 Å². The monoisotopic (exact) mass is 330 g/mol. The number of nitrogens with zero attached hydrogens (tertiary/aromatic N) is 4. The molecular weight excluding hydrogens is 312 g/mol. The molecule has 6 nitrogen and oxygen atoms in total. The Morgan fingerprint density at radius 1 is 1.30 bits per heavy atom. The van der Waals surface area contributed by atoms with Crippen molar-refractivity contribution in [2.45, 2.75) is 31.7 Å². The molecule has 4 rings (SSSR count). The molecule has 3 aromatic heterocycles. The molecule has 0 spiro atoms. The summed E-state index contributed by atoms with van der Waals surface area (Å²) in [5.74, 6) is 2.57. The number of hydrogen-bond acceptors (Lipinski definition) is 5. The fourth-order valence-corrected chi connectivity index (χ4v) is 3.16. The van der Waals surface area contributed by atoms with Gasteiger partial charge in [0.25, 0.3) is 5.56 Å². The third kappa shape index (κ3) is 2.93. The molecule has 120 valence electrons. The largest absolute Gasteiger partial charge is 0.343 e. The molecule has 0 bridgehead atoms. The Balaban J connectivity index is 1.66. The van der Waals surface area contributed by atoms with E-state index in [0.29, 0.717) is 24.0 Å². The van der Waals surface area contributed by atoms with E-state index in [1.165, 1.54) is 12.8 Å². The van der Waals surface area contributed by atoms with E-state index in [1.807, 2.05) is 24.6 Å². The maximum atomic E-state index is 12.8. The van der Waals surface area contributed by atoms with E-state index in [9.17, 15) is 4.79 Å². The summed E-state index contributed by atoms with van der Waals surface area (Å²) < 4.78 is 8.96. The van der Waals surface area contributed by atoms with Gasteiger partial charge in [-0.15, -0.1) is 0 Å². The fraction of sp³-hybridized carbons (Fsp3) is 0.438. The number of rotatable bonds is 6. The van der Waals surface area contributed by atoms with Crippen molar-refractivity contribution in [3.63, 3.8) is 0 Å². The molecule has 0 saturated heterocycles. The van der Waals surface area contributed by atoms with Crippen molar-refractivity contribution in [3.05, 3.63) is 46.6 Å². The highest BCUT2D eigenvalue weighted by Crippen LogP contribution is 2.31. The molecule has 7 heteroatoms. The molecule has 3 heterocycles. The van der Waals surface area contributed by atoms with Crippen LogP contribution in [-0.2, 0) is 18.8 Å². The summed E-state index contributed by atoms with van der Waals surface area (Å²) >= 11 is 1.64. The van der Waals surface area contributed by atoms with Crippen LogP contribution in [0, 0.1) is 5.92 Å². The maximum absolute atomic E-state index is 12.8. The van der Waals surface area contributed by atoms with Crippen molar-refractivity contribution >= 4 is 22.7 Å². The average molecular weight is 330 g/mol. The summed E-state index contributed by atoms with van der Waals surface area (Å²) in [6.45, 7) is 1.24. The van der Waals surface area contributed by atoms with Crippen LogP contribution >= 0.6 is 11.8 Å². The van der Waals surface area contributed by atoms with Crippen molar-refractivity contribution in [2.24, 2.45) is 5.92 Å². The molecule has 1 aliphatic rings. The summed E-state index contributed by atoms with van der Waals surface area (Å²) in [4.78, 5) is 17.1. The van der Waals surface area contributed by atoms with Crippen LogP contribution in [0.2, 0.25) is 0 Å². The van der Waals surface area contributed by atoms with E-state index in [0.717, 1.165) is 23.4 Å². The highest BCUT2D eigenvalue weighted by atomic mass is 32.2. The van der Waals surface area contributed by atoms with Crippen molar-refractivity contribution in [1.82, 2.24) is 19.3 Å². The van der Waals surface area contributed by atoms with Crippen molar-refractivity contribution in [2.75, 3.05) is 6.26 Å². The molecule has 0 unspecified atom stereocenters. The van der Waals surface area contributed by atoms with Crippen LogP contribution in [-0.4, -0.2) is 25.5 Å². The number of aromatic nitrogens is 4. The first-order valence-corrected chi connectivity index (χ1v) is 9.12. The standard InChI is InChI=1S/C16H18N4O2S/c1-23-10-13-17-14(22-18-13)9-20-7-5-12-4-6-19(8-11-2-3-11)15(12)16(20)21/h4-7,11H,2-3,8-10H2,1H3. The van der Waals surface area contributed by atoms with Crippen molar-refractivity contribution in [3.8, 4) is 0 Å². The minimum Gasteiger partial charge on any atom is -0.343 e. The first-order chi connectivity index (χ1) is 11.2. The molecule has 1 fully saturated rings. The molecule has 0 atom stereocenters. The zero-order valence-corrected chi connectivity index (χ0v) is 13.8. The molecule has 3 aromatic rings. The molecule has 1 aliphatic carbocycles. The van der Waals surface area contributed by atoms with Crippen molar-refractivity contribution < 1.29 is 4.52 Å². The Bertz CT molecular complexity index is 891. The second-order valence-corrected chi connectivity index (χ2v) is 6.87.